The van der Waals surface area contributed by atoms with Crippen molar-refractivity contribution >= 4 is 29.3 Å². The van der Waals surface area contributed by atoms with E-state index < -0.39 is 18.4 Å². The first-order valence-electron chi connectivity index (χ1n) is 7.68. The number of aromatic nitrogens is 3. The lowest BCUT2D eigenvalue weighted by molar-refractivity contribution is -0.135. The van der Waals surface area contributed by atoms with E-state index in [1.165, 1.54) is 28.7 Å². The summed E-state index contributed by atoms with van der Waals surface area (Å²) in [6.45, 7) is 3.46. The molecule has 0 aliphatic rings. The predicted molar refractivity (Wildman–Crippen MR) is 94.7 cm³/mol. The number of amides is 1. The van der Waals surface area contributed by atoms with E-state index in [0.717, 1.165) is 16.0 Å². The van der Waals surface area contributed by atoms with Crippen LogP contribution in [0.4, 0.5) is 0 Å². The zero-order valence-electron chi connectivity index (χ0n) is 14.1. The van der Waals surface area contributed by atoms with Crippen molar-refractivity contribution < 1.29 is 19.8 Å². The molecule has 0 saturated heterocycles. The Balaban J connectivity index is 2.03. The van der Waals surface area contributed by atoms with Crippen LogP contribution < -0.4 is 5.32 Å². The Kier molecular flexibility index (Phi) is 4.81. The maximum atomic E-state index is 12.2. The van der Waals surface area contributed by atoms with Gasteiger partial charge in [-0.05, 0) is 31.0 Å². The summed E-state index contributed by atoms with van der Waals surface area (Å²) >= 11 is 1.39. The van der Waals surface area contributed by atoms with E-state index in [1.54, 1.807) is 0 Å². The molecular formula is C17H16N4O4S. The average molecular weight is 372 g/mol. The Morgan fingerprint density at radius 1 is 1.31 bits per heavy atom. The Morgan fingerprint density at radius 2 is 2.08 bits per heavy atom. The zero-order valence-corrected chi connectivity index (χ0v) is 14.9. The molecule has 26 heavy (non-hydrogen) atoms. The molecule has 0 saturated carbocycles. The second-order valence-corrected chi connectivity index (χ2v) is 6.68. The highest BCUT2D eigenvalue weighted by Crippen LogP contribution is 2.35. The normalized spacial score (nSPS) is 10.8. The molecule has 2 aromatic heterocycles. The lowest BCUT2D eigenvalue weighted by atomic mass is 10.1. The van der Waals surface area contributed by atoms with Crippen LogP contribution in [0.1, 0.15) is 21.5 Å². The Labute approximate surface area is 152 Å². The van der Waals surface area contributed by atoms with Gasteiger partial charge in [0.05, 0.1) is 0 Å². The van der Waals surface area contributed by atoms with Crippen LogP contribution in [-0.4, -0.2) is 43.2 Å². The minimum absolute atomic E-state index is 0.117. The fourth-order valence-electron chi connectivity index (χ4n) is 2.42. The van der Waals surface area contributed by atoms with Gasteiger partial charge in [0.1, 0.15) is 29.2 Å². The van der Waals surface area contributed by atoms with E-state index in [4.69, 9.17) is 5.11 Å². The van der Waals surface area contributed by atoms with Crippen molar-refractivity contribution in [2.75, 3.05) is 6.54 Å². The van der Waals surface area contributed by atoms with Crippen molar-refractivity contribution in [2.24, 2.45) is 0 Å². The lowest BCUT2D eigenvalue weighted by Gasteiger charge is -2.12. The second-order valence-electron chi connectivity index (χ2n) is 5.61. The van der Waals surface area contributed by atoms with E-state index in [2.05, 4.69) is 15.4 Å². The van der Waals surface area contributed by atoms with Gasteiger partial charge in [-0.25, -0.2) is 9.50 Å². The molecule has 0 fully saturated rings. The van der Waals surface area contributed by atoms with Crippen LogP contribution in [0.25, 0.3) is 5.65 Å². The van der Waals surface area contributed by atoms with Gasteiger partial charge in [-0.15, -0.1) is 0 Å². The van der Waals surface area contributed by atoms with Crippen molar-refractivity contribution in [3.05, 3.63) is 47.3 Å². The van der Waals surface area contributed by atoms with Crippen molar-refractivity contribution in [3.8, 4) is 5.75 Å². The maximum absolute atomic E-state index is 12.2. The van der Waals surface area contributed by atoms with Gasteiger partial charge in [-0.3, -0.25) is 9.59 Å². The molecule has 3 N–H and O–H groups in total. The van der Waals surface area contributed by atoms with Gasteiger partial charge in [0, 0.05) is 11.0 Å². The molecular weight excluding hydrogens is 356 g/mol. The molecule has 134 valence electrons. The van der Waals surface area contributed by atoms with Crippen LogP contribution in [0.5, 0.6) is 5.75 Å². The first kappa shape index (κ1) is 17.7. The summed E-state index contributed by atoms with van der Waals surface area (Å²) < 4.78 is 1.45. The third-order valence-corrected chi connectivity index (χ3v) is 5.06. The summed E-state index contributed by atoms with van der Waals surface area (Å²) in [5.41, 5.74) is 2.28. The van der Waals surface area contributed by atoms with Gasteiger partial charge in [-0.2, -0.15) is 5.10 Å². The van der Waals surface area contributed by atoms with Gasteiger partial charge < -0.3 is 15.5 Å². The molecule has 0 aliphatic carbocycles. The van der Waals surface area contributed by atoms with Gasteiger partial charge in [0.15, 0.2) is 5.65 Å². The topological polar surface area (TPSA) is 117 Å². The minimum atomic E-state index is -1.18. The molecule has 0 radical (unpaired) electrons. The molecule has 1 aromatic carbocycles. The van der Waals surface area contributed by atoms with Crippen LogP contribution in [-0.2, 0) is 4.79 Å². The third kappa shape index (κ3) is 3.33. The number of pyridine rings is 1. The van der Waals surface area contributed by atoms with E-state index in [-0.39, 0.29) is 17.0 Å². The quantitative estimate of drug-likeness (QED) is 0.627. The van der Waals surface area contributed by atoms with Crippen molar-refractivity contribution in [1.29, 1.82) is 0 Å². The minimum Gasteiger partial charge on any atom is -0.507 e. The highest BCUT2D eigenvalue weighted by atomic mass is 32.2. The fourth-order valence-corrected chi connectivity index (χ4v) is 3.50. The van der Waals surface area contributed by atoms with Crippen molar-refractivity contribution in [2.45, 2.75) is 23.8 Å². The number of hydrogen-bond acceptors (Lipinski definition) is 6. The van der Waals surface area contributed by atoms with Crippen LogP contribution in [0.3, 0.4) is 0 Å². The highest BCUT2D eigenvalue weighted by molar-refractivity contribution is 7.99. The number of nitrogens with zero attached hydrogens (tertiary/aromatic N) is 3. The number of benzene rings is 1. The maximum Gasteiger partial charge on any atom is 0.322 e. The number of carboxylic acid groups (broad SMARTS) is 1. The number of carbonyl (C=O) groups is 2. The third-order valence-electron chi connectivity index (χ3n) is 3.89. The SMILES string of the molecule is Cc1cccc(Sc2cc(O)c(C(=O)NCC(=O)O)c3ncnn23)c1C. The molecule has 1 amide bonds. The summed E-state index contributed by atoms with van der Waals surface area (Å²) in [5.74, 6) is -2.20. The molecule has 0 spiro atoms. The summed E-state index contributed by atoms with van der Waals surface area (Å²) in [6.07, 6.45) is 1.27. The number of nitrogens with one attached hydrogen (secondary N) is 1. The van der Waals surface area contributed by atoms with Crippen molar-refractivity contribution in [3.63, 3.8) is 0 Å². The monoisotopic (exact) mass is 372 g/mol. The smallest absolute Gasteiger partial charge is 0.322 e. The summed E-state index contributed by atoms with van der Waals surface area (Å²) in [6, 6.07) is 7.33. The van der Waals surface area contributed by atoms with Crippen LogP contribution >= 0.6 is 11.8 Å². The molecule has 8 nitrogen and oxygen atoms in total. The number of hydrogen-bond donors (Lipinski definition) is 3. The predicted octanol–water partition coefficient (Wildman–Crippen LogP) is 2.02. The van der Waals surface area contributed by atoms with Gasteiger partial charge in [0.25, 0.3) is 5.91 Å². The van der Waals surface area contributed by atoms with Crippen LogP contribution in [0.2, 0.25) is 0 Å². The average Bonchev–Trinajstić information content (AvgIpc) is 3.06. The Morgan fingerprint density at radius 3 is 2.81 bits per heavy atom. The zero-order chi connectivity index (χ0) is 18.8. The number of fused-ring (bicyclic) bond motifs is 1. The molecule has 3 rings (SSSR count). The van der Waals surface area contributed by atoms with Gasteiger partial charge >= 0.3 is 5.97 Å². The first-order valence-corrected chi connectivity index (χ1v) is 8.50. The van der Waals surface area contributed by atoms with E-state index in [9.17, 15) is 14.7 Å². The summed E-state index contributed by atoms with van der Waals surface area (Å²) in [5, 5.41) is 26.0. The van der Waals surface area contributed by atoms with Gasteiger partial charge in [-0.1, -0.05) is 23.9 Å². The fraction of sp³-hybridized carbons (Fsp3) is 0.176. The standard InChI is InChI=1S/C17H16N4O4S/c1-9-4-3-5-12(10(9)2)26-13-6-11(22)15(16-19-8-20-21(13)16)17(25)18-7-14(23)24/h3-6,8,22H,7H2,1-2H3,(H,18,25)(H,23,24). The molecule has 0 aliphatic heterocycles. The van der Waals surface area contributed by atoms with Crippen LogP contribution in [0.15, 0.2) is 40.5 Å². The lowest BCUT2D eigenvalue weighted by Crippen LogP contribution is -2.29. The summed E-state index contributed by atoms with van der Waals surface area (Å²) in [4.78, 5) is 27.9. The van der Waals surface area contributed by atoms with E-state index in [0.29, 0.717) is 5.03 Å². The van der Waals surface area contributed by atoms with E-state index >= 15 is 0 Å². The molecule has 3 aromatic rings. The number of aliphatic carboxylic acids is 1. The number of carbonyl (C=O) groups excluding carboxylic acids is 1. The number of aromatic hydroxyl groups is 1. The molecule has 0 atom stereocenters. The van der Waals surface area contributed by atoms with Crippen molar-refractivity contribution in [1.82, 2.24) is 19.9 Å². The number of rotatable bonds is 5. The second kappa shape index (κ2) is 7.04. The highest BCUT2D eigenvalue weighted by Gasteiger charge is 2.21. The number of carboxylic acids is 1. The molecule has 0 unspecified atom stereocenters. The van der Waals surface area contributed by atoms with Gasteiger partial charge in [0.2, 0.25) is 0 Å². The number of aryl methyl sites for hydroxylation is 1. The Hall–Kier alpha value is -3.07. The Bertz CT molecular complexity index is 1020. The van der Waals surface area contributed by atoms with E-state index in [1.807, 2.05) is 32.0 Å². The molecule has 2 heterocycles. The first-order chi connectivity index (χ1) is 12.4. The molecule has 0 bridgehead atoms. The molecule has 9 heteroatoms. The summed E-state index contributed by atoms with van der Waals surface area (Å²) in [7, 11) is 0. The van der Waals surface area contributed by atoms with Crippen LogP contribution in [0, 0.1) is 13.8 Å². The largest absolute Gasteiger partial charge is 0.507 e.